The highest BCUT2D eigenvalue weighted by molar-refractivity contribution is 7.89. The zero-order valence-electron chi connectivity index (χ0n) is 15.7. The van der Waals surface area contributed by atoms with Crippen molar-refractivity contribution >= 4 is 62.2 Å². The minimum absolute atomic E-state index is 0.0564. The summed E-state index contributed by atoms with van der Waals surface area (Å²) in [7, 11) is -3.48. The molecule has 0 saturated carbocycles. The van der Waals surface area contributed by atoms with E-state index in [0.717, 1.165) is 12.8 Å². The Kier molecular flexibility index (Phi) is 7.54. The Balaban J connectivity index is 1.51. The molecule has 0 atom stereocenters. The van der Waals surface area contributed by atoms with Crippen LogP contribution in [0.25, 0.3) is 0 Å². The van der Waals surface area contributed by atoms with Gasteiger partial charge in [-0.1, -0.05) is 23.2 Å². The molecule has 30 heavy (non-hydrogen) atoms. The zero-order valence-corrected chi connectivity index (χ0v) is 18.9. The summed E-state index contributed by atoms with van der Waals surface area (Å²) < 4.78 is 31.9. The molecule has 3 rings (SSSR count). The molecule has 1 fully saturated rings. The molecule has 1 saturated heterocycles. The van der Waals surface area contributed by atoms with Crippen LogP contribution >= 0.6 is 35.4 Å². The Hall–Kier alpha value is -1.91. The van der Waals surface area contributed by atoms with E-state index >= 15 is 0 Å². The van der Waals surface area contributed by atoms with E-state index in [9.17, 15) is 13.2 Å². The van der Waals surface area contributed by atoms with Crippen LogP contribution in [0.3, 0.4) is 0 Å². The summed E-state index contributed by atoms with van der Waals surface area (Å²) in [6.07, 6.45) is 1.75. The van der Waals surface area contributed by atoms with Gasteiger partial charge < -0.3 is 10.1 Å². The number of amides is 1. The number of nitrogens with one attached hydrogen (secondary N) is 2. The van der Waals surface area contributed by atoms with Crippen molar-refractivity contribution in [2.45, 2.75) is 17.7 Å². The summed E-state index contributed by atoms with van der Waals surface area (Å²) in [4.78, 5) is 12.2. The van der Waals surface area contributed by atoms with E-state index in [1.807, 2.05) is 0 Å². The number of hydrogen-bond acceptors (Lipinski definition) is 5. The molecule has 0 aromatic heterocycles. The second-order valence-corrected chi connectivity index (χ2v) is 9.69. The van der Waals surface area contributed by atoms with Crippen molar-refractivity contribution in [2.24, 2.45) is 0 Å². The normalized spacial score (nSPS) is 14.3. The predicted octanol–water partition coefficient (Wildman–Crippen LogP) is 3.67. The van der Waals surface area contributed by atoms with E-state index in [1.54, 1.807) is 24.3 Å². The molecule has 0 spiro atoms. The van der Waals surface area contributed by atoms with E-state index in [4.69, 9.17) is 40.2 Å². The van der Waals surface area contributed by atoms with Gasteiger partial charge in [-0.2, -0.15) is 4.31 Å². The van der Waals surface area contributed by atoms with Crippen LogP contribution in [-0.4, -0.2) is 43.4 Å². The lowest BCUT2D eigenvalue weighted by Crippen LogP contribution is -2.37. The van der Waals surface area contributed by atoms with Gasteiger partial charge >= 0.3 is 0 Å². The highest BCUT2D eigenvalue weighted by Crippen LogP contribution is 2.27. The minimum Gasteiger partial charge on any atom is -0.482 e. The van der Waals surface area contributed by atoms with E-state index in [2.05, 4.69) is 10.6 Å². The molecule has 7 nitrogen and oxygen atoms in total. The van der Waals surface area contributed by atoms with Crippen LogP contribution in [0, 0.1) is 0 Å². The maximum Gasteiger partial charge on any atom is 0.264 e. The molecule has 1 aliphatic rings. The standard InChI is InChI=1S/C19H19Cl2N3O4S2/c20-13-3-8-17(16(21)11-13)28-12-18(25)23-19(29)22-14-4-6-15(7-5-14)30(26,27)24-9-1-2-10-24/h3-8,11H,1-2,9-10,12H2,(H2,22,23,25,29). The first-order valence-electron chi connectivity index (χ1n) is 9.04. The number of carbonyl (C=O) groups excluding carboxylic acids is 1. The summed E-state index contributed by atoms with van der Waals surface area (Å²) >= 11 is 16.9. The van der Waals surface area contributed by atoms with Crippen molar-refractivity contribution < 1.29 is 17.9 Å². The molecule has 2 aromatic carbocycles. The molecule has 11 heteroatoms. The van der Waals surface area contributed by atoms with Crippen LogP contribution in [0.1, 0.15) is 12.8 Å². The second kappa shape index (κ2) is 9.93. The van der Waals surface area contributed by atoms with E-state index < -0.39 is 15.9 Å². The molecule has 0 aliphatic carbocycles. The van der Waals surface area contributed by atoms with Gasteiger partial charge in [0.1, 0.15) is 5.75 Å². The Morgan fingerprint density at radius 2 is 1.77 bits per heavy atom. The fourth-order valence-corrected chi connectivity index (χ4v) is 5.06. The lowest BCUT2D eigenvalue weighted by Gasteiger charge is -2.16. The Morgan fingerprint density at radius 1 is 1.10 bits per heavy atom. The van der Waals surface area contributed by atoms with Crippen molar-refractivity contribution in [1.82, 2.24) is 9.62 Å². The van der Waals surface area contributed by atoms with Crippen molar-refractivity contribution in [3.8, 4) is 5.75 Å². The summed E-state index contributed by atoms with van der Waals surface area (Å²) in [5.41, 5.74) is 0.544. The topological polar surface area (TPSA) is 87.7 Å². The summed E-state index contributed by atoms with van der Waals surface area (Å²) in [5.74, 6) is -0.156. The first-order valence-corrected chi connectivity index (χ1v) is 11.6. The zero-order chi connectivity index (χ0) is 21.7. The number of anilines is 1. The van der Waals surface area contributed by atoms with Gasteiger partial charge in [-0.3, -0.25) is 10.1 Å². The Bertz CT molecular complexity index is 1040. The molecular formula is C19H19Cl2N3O4S2. The fourth-order valence-electron chi connectivity index (χ4n) is 2.85. The average Bonchev–Trinajstić information content (AvgIpc) is 3.23. The maximum atomic E-state index is 12.5. The quantitative estimate of drug-likeness (QED) is 0.604. The monoisotopic (exact) mass is 487 g/mol. The van der Waals surface area contributed by atoms with Gasteiger partial charge in [0.15, 0.2) is 11.7 Å². The molecule has 2 N–H and O–H groups in total. The van der Waals surface area contributed by atoms with Crippen LogP contribution < -0.4 is 15.4 Å². The second-order valence-electron chi connectivity index (χ2n) is 6.50. The molecule has 2 aromatic rings. The van der Waals surface area contributed by atoms with Crippen LogP contribution in [0.4, 0.5) is 5.69 Å². The number of hydrogen-bond donors (Lipinski definition) is 2. The highest BCUT2D eigenvalue weighted by atomic mass is 35.5. The summed E-state index contributed by atoms with van der Waals surface area (Å²) in [6.45, 7) is 0.791. The van der Waals surface area contributed by atoms with Gasteiger partial charge in [0.25, 0.3) is 5.91 Å². The van der Waals surface area contributed by atoms with Gasteiger partial charge in [0.2, 0.25) is 10.0 Å². The van der Waals surface area contributed by atoms with Gasteiger partial charge in [-0.05, 0) is 67.5 Å². The van der Waals surface area contributed by atoms with Gasteiger partial charge in [0.05, 0.1) is 9.92 Å². The summed E-state index contributed by atoms with van der Waals surface area (Å²) in [6, 6.07) is 10.9. The number of nitrogens with zero attached hydrogens (tertiary/aromatic N) is 1. The van der Waals surface area contributed by atoms with Gasteiger partial charge in [0, 0.05) is 23.8 Å². The first kappa shape index (κ1) is 22.8. The van der Waals surface area contributed by atoms with Crippen molar-refractivity contribution in [2.75, 3.05) is 25.0 Å². The number of sulfonamides is 1. The van der Waals surface area contributed by atoms with Crippen LogP contribution in [0.5, 0.6) is 5.75 Å². The number of carbonyl (C=O) groups is 1. The van der Waals surface area contributed by atoms with Crippen LogP contribution in [0.15, 0.2) is 47.4 Å². The van der Waals surface area contributed by atoms with E-state index in [1.165, 1.54) is 22.5 Å². The SMILES string of the molecule is O=C(COc1ccc(Cl)cc1Cl)NC(=S)Nc1ccc(S(=O)(=O)N2CCCC2)cc1. The molecule has 160 valence electrons. The van der Waals surface area contributed by atoms with Crippen LogP contribution in [0.2, 0.25) is 10.0 Å². The first-order chi connectivity index (χ1) is 14.3. The maximum absolute atomic E-state index is 12.5. The lowest BCUT2D eigenvalue weighted by molar-refractivity contribution is -0.121. The van der Waals surface area contributed by atoms with E-state index in [0.29, 0.717) is 34.6 Å². The predicted molar refractivity (Wildman–Crippen MR) is 121 cm³/mol. The molecule has 0 bridgehead atoms. The summed E-state index contributed by atoms with van der Waals surface area (Å²) in [5, 5.41) is 6.12. The average molecular weight is 488 g/mol. The third-order valence-corrected chi connectivity index (χ3v) is 6.97. The number of thiocarbonyl (C=S) groups is 1. The molecule has 1 amide bonds. The van der Waals surface area contributed by atoms with Crippen molar-refractivity contribution in [3.05, 3.63) is 52.5 Å². The fraction of sp³-hybridized carbons (Fsp3) is 0.263. The Morgan fingerprint density at radius 3 is 2.40 bits per heavy atom. The third kappa shape index (κ3) is 5.83. The Labute approximate surface area is 190 Å². The van der Waals surface area contributed by atoms with Crippen molar-refractivity contribution in [1.29, 1.82) is 0 Å². The van der Waals surface area contributed by atoms with Crippen molar-refractivity contribution in [3.63, 3.8) is 0 Å². The molecule has 1 heterocycles. The molecule has 1 aliphatic heterocycles. The number of halogens is 2. The molecule has 0 radical (unpaired) electrons. The smallest absolute Gasteiger partial charge is 0.264 e. The molecular weight excluding hydrogens is 469 g/mol. The van der Waals surface area contributed by atoms with Gasteiger partial charge in [-0.15, -0.1) is 0 Å². The minimum atomic E-state index is -3.48. The number of ether oxygens (including phenoxy) is 1. The number of benzene rings is 2. The largest absolute Gasteiger partial charge is 0.482 e. The number of rotatable bonds is 6. The molecule has 0 unspecified atom stereocenters. The lowest BCUT2D eigenvalue weighted by atomic mass is 10.3. The highest BCUT2D eigenvalue weighted by Gasteiger charge is 2.26. The van der Waals surface area contributed by atoms with E-state index in [-0.39, 0.29) is 16.6 Å². The van der Waals surface area contributed by atoms with Crippen LogP contribution in [-0.2, 0) is 14.8 Å². The third-order valence-electron chi connectivity index (χ3n) is 4.32. The van der Waals surface area contributed by atoms with Gasteiger partial charge in [-0.25, -0.2) is 8.42 Å².